The number of hydrogen-bond donors (Lipinski definition) is 1. The Morgan fingerprint density at radius 2 is 2.13 bits per heavy atom. The third kappa shape index (κ3) is 1.10. The molecule has 0 aromatic heterocycles. The molecule has 0 spiro atoms. The quantitative estimate of drug-likeness (QED) is 0.563. The third-order valence-electron chi connectivity index (χ3n) is 3.41. The Kier molecular flexibility index (Phi) is 1.90. The van der Waals surface area contributed by atoms with Crippen molar-refractivity contribution >= 4 is 11.4 Å². The van der Waals surface area contributed by atoms with Crippen LogP contribution in [0.1, 0.15) is 31.2 Å². The van der Waals surface area contributed by atoms with Gasteiger partial charge in [-0.05, 0) is 31.7 Å². The maximum Gasteiger partial charge on any atom is 0.168 e. The second-order valence-corrected chi connectivity index (χ2v) is 4.20. The maximum atomic E-state index is 9.22. The average molecular weight is 203 g/mol. The van der Waals surface area contributed by atoms with E-state index in [0.717, 1.165) is 42.6 Å². The molecule has 3 nitrogen and oxygen atoms in total. The Morgan fingerprint density at radius 3 is 3.00 bits per heavy atom. The van der Waals surface area contributed by atoms with Gasteiger partial charge in [-0.15, -0.1) is 0 Å². The van der Waals surface area contributed by atoms with E-state index in [9.17, 15) is 5.26 Å². The molecule has 15 heavy (non-hydrogen) atoms. The van der Waals surface area contributed by atoms with E-state index in [1.54, 1.807) is 0 Å². The standard InChI is InChI=1S/C12H13NO2/c14-15-12-8-4-3-7-11(12)13-10-6-2-1-5-9(10)12/h1-2,5-6,14H,3-4,7-8H2/t12-/m0/s1. The second-order valence-electron chi connectivity index (χ2n) is 4.20. The Balaban J connectivity index is 2.18. The number of fused-ring (bicyclic) bond motifs is 3. The van der Waals surface area contributed by atoms with Gasteiger partial charge in [0, 0.05) is 5.56 Å². The van der Waals surface area contributed by atoms with Crippen LogP contribution in [0.4, 0.5) is 5.69 Å². The molecule has 0 saturated heterocycles. The summed E-state index contributed by atoms with van der Waals surface area (Å²) in [6, 6.07) is 7.90. The molecule has 2 aliphatic rings. The first-order chi connectivity index (χ1) is 7.37. The molecule has 3 rings (SSSR count). The highest BCUT2D eigenvalue weighted by Gasteiger charge is 2.46. The van der Waals surface area contributed by atoms with Crippen molar-refractivity contribution in [1.29, 1.82) is 0 Å². The molecule has 78 valence electrons. The molecular weight excluding hydrogens is 190 g/mol. The zero-order valence-corrected chi connectivity index (χ0v) is 8.44. The Hall–Kier alpha value is -1.19. The van der Waals surface area contributed by atoms with Crippen molar-refractivity contribution in [3.8, 4) is 0 Å². The number of hydrogen-bond acceptors (Lipinski definition) is 3. The largest absolute Gasteiger partial charge is 0.254 e. The summed E-state index contributed by atoms with van der Waals surface area (Å²) in [6.45, 7) is 0. The van der Waals surface area contributed by atoms with Crippen LogP contribution in [0.5, 0.6) is 0 Å². The van der Waals surface area contributed by atoms with Gasteiger partial charge >= 0.3 is 0 Å². The van der Waals surface area contributed by atoms with E-state index >= 15 is 0 Å². The fourth-order valence-corrected chi connectivity index (χ4v) is 2.65. The Labute approximate surface area is 88.3 Å². The van der Waals surface area contributed by atoms with Crippen LogP contribution in [0.25, 0.3) is 0 Å². The van der Waals surface area contributed by atoms with E-state index in [1.165, 1.54) is 0 Å². The molecule has 0 bridgehead atoms. The van der Waals surface area contributed by atoms with Crippen molar-refractivity contribution in [3.63, 3.8) is 0 Å². The fourth-order valence-electron chi connectivity index (χ4n) is 2.65. The summed E-state index contributed by atoms with van der Waals surface area (Å²) < 4.78 is 0. The highest BCUT2D eigenvalue weighted by Crippen LogP contribution is 2.47. The van der Waals surface area contributed by atoms with E-state index in [-0.39, 0.29) is 0 Å². The number of para-hydroxylation sites is 1. The first kappa shape index (κ1) is 9.07. The lowest BCUT2D eigenvalue weighted by atomic mass is 9.79. The molecule has 1 aromatic rings. The van der Waals surface area contributed by atoms with E-state index in [1.807, 2.05) is 24.3 Å². The first-order valence-electron chi connectivity index (χ1n) is 5.37. The molecular formula is C12H13NO2. The topological polar surface area (TPSA) is 41.8 Å². The van der Waals surface area contributed by atoms with Gasteiger partial charge in [0.2, 0.25) is 0 Å². The molecule has 1 heterocycles. The van der Waals surface area contributed by atoms with Crippen molar-refractivity contribution in [2.45, 2.75) is 31.3 Å². The van der Waals surface area contributed by atoms with Crippen molar-refractivity contribution in [2.24, 2.45) is 4.99 Å². The van der Waals surface area contributed by atoms with E-state index in [0.29, 0.717) is 0 Å². The molecule has 0 unspecified atom stereocenters. The van der Waals surface area contributed by atoms with Gasteiger partial charge in [-0.3, -0.25) is 10.2 Å². The summed E-state index contributed by atoms with van der Waals surface area (Å²) in [5.41, 5.74) is 2.32. The molecule has 1 fully saturated rings. The highest BCUT2D eigenvalue weighted by molar-refractivity contribution is 6.00. The SMILES string of the molecule is OO[C@]12CCCCC1=Nc1ccccc12. The second kappa shape index (κ2) is 3.15. The average Bonchev–Trinajstić information content (AvgIpc) is 2.64. The molecule has 1 atom stereocenters. The fraction of sp³-hybridized carbons (Fsp3) is 0.417. The zero-order chi connectivity index (χ0) is 10.3. The van der Waals surface area contributed by atoms with Crippen LogP contribution >= 0.6 is 0 Å². The number of benzene rings is 1. The van der Waals surface area contributed by atoms with Gasteiger partial charge in [0.05, 0.1) is 11.4 Å². The molecule has 1 saturated carbocycles. The van der Waals surface area contributed by atoms with Crippen LogP contribution in [-0.2, 0) is 10.5 Å². The molecule has 0 radical (unpaired) electrons. The lowest BCUT2D eigenvalue weighted by Crippen LogP contribution is -2.38. The molecule has 1 aromatic carbocycles. The van der Waals surface area contributed by atoms with E-state index in [2.05, 4.69) is 4.99 Å². The lowest BCUT2D eigenvalue weighted by Gasteiger charge is -2.32. The van der Waals surface area contributed by atoms with Crippen LogP contribution in [0.15, 0.2) is 29.3 Å². The predicted molar refractivity (Wildman–Crippen MR) is 57.4 cm³/mol. The normalized spacial score (nSPS) is 28.2. The smallest absolute Gasteiger partial charge is 0.168 e. The third-order valence-corrected chi connectivity index (χ3v) is 3.41. The summed E-state index contributed by atoms with van der Waals surface area (Å²) in [5, 5.41) is 9.22. The first-order valence-corrected chi connectivity index (χ1v) is 5.37. The summed E-state index contributed by atoms with van der Waals surface area (Å²) in [6.07, 6.45) is 3.97. The van der Waals surface area contributed by atoms with Crippen LogP contribution in [-0.4, -0.2) is 11.0 Å². The van der Waals surface area contributed by atoms with Gasteiger partial charge in [-0.25, -0.2) is 4.89 Å². The Morgan fingerprint density at radius 1 is 1.27 bits per heavy atom. The minimum atomic E-state index is -0.630. The van der Waals surface area contributed by atoms with Crippen LogP contribution in [0.3, 0.4) is 0 Å². The summed E-state index contributed by atoms with van der Waals surface area (Å²) in [7, 11) is 0. The molecule has 1 N–H and O–H groups in total. The highest BCUT2D eigenvalue weighted by atomic mass is 17.1. The van der Waals surface area contributed by atoms with Crippen LogP contribution in [0.2, 0.25) is 0 Å². The van der Waals surface area contributed by atoms with Gasteiger partial charge in [0.15, 0.2) is 5.60 Å². The summed E-state index contributed by atoms with van der Waals surface area (Å²) in [4.78, 5) is 9.35. The number of rotatable bonds is 1. The molecule has 1 aliphatic carbocycles. The van der Waals surface area contributed by atoms with Crippen molar-refractivity contribution < 1.29 is 10.1 Å². The number of nitrogens with zero attached hydrogens (tertiary/aromatic N) is 1. The van der Waals surface area contributed by atoms with E-state index < -0.39 is 5.60 Å². The van der Waals surface area contributed by atoms with Crippen molar-refractivity contribution in [3.05, 3.63) is 29.8 Å². The maximum absolute atomic E-state index is 9.22. The van der Waals surface area contributed by atoms with Gasteiger partial charge in [0.25, 0.3) is 0 Å². The van der Waals surface area contributed by atoms with Gasteiger partial charge in [-0.1, -0.05) is 18.2 Å². The van der Waals surface area contributed by atoms with Crippen molar-refractivity contribution in [2.75, 3.05) is 0 Å². The molecule has 3 heteroatoms. The van der Waals surface area contributed by atoms with Crippen LogP contribution < -0.4 is 0 Å². The van der Waals surface area contributed by atoms with Crippen LogP contribution in [0, 0.1) is 0 Å². The predicted octanol–water partition coefficient (Wildman–Crippen LogP) is 3.03. The summed E-state index contributed by atoms with van der Waals surface area (Å²) >= 11 is 0. The molecule has 1 aliphatic heterocycles. The molecule has 0 amide bonds. The minimum absolute atomic E-state index is 0.630. The summed E-state index contributed by atoms with van der Waals surface area (Å²) in [5.74, 6) is 0. The van der Waals surface area contributed by atoms with Crippen molar-refractivity contribution in [1.82, 2.24) is 0 Å². The lowest BCUT2D eigenvalue weighted by molar-refractivity contribution is -0.308. The van der Waals surface area contributed by atoms with Gasteiger partial charge < -0.3 is 0 Å². The Bertz CT molecular complexity index is 427. The minimum Gasteiger partial charge on any atom is -0.254 e. The van der Waals surface area contributed by atoms with Gasteiger partial charge in [-0.2, -0.15) is 0 Å². The van der Waals surface area contributed by atoms with E-state index in [4.69, 9.17) is 4.89 Å². The zero-order valence-electron chi connectivity index (χ0n) is 8.44. The van der Waals surface area contributed by atoms with Gasteiger partial charge in [0.1, 0.15) is 0 Å². The number of aliphatic imine (C=N–C) groups is 1. The monoisotopic (exact) mass is 203 g/mol.